The van der Waals surface area contributed by atoms with E-state index in [1.54, 1.807) is 0 Å². The van der Waals surface area contributed by atoms with E-state index >= 15 is 0 Å². The second-order valence-electron chi connectivity index (χ2n) is 0.949. The highest BCUT2D eigenvalue weighted by Crippen LogP contribution is 1.80. The Morgan fingerprint density at radius 1 is 2.00 bits per heavy atom. The number of methoxy groups -OCH3 is 1. The number of hydrogen-bond acceptors (Lipinski definition) is 3. The van der Waals surface area contributed by atoms with Crippen LogP contribution < -0.4 is 5.84 Å². The Kier molecular flexibility index (Phi) is 2.76. The molecule has 0 amide bonds. The molecule has 0 aliphatic heterocycles. The van der Waals surface area contributed by atoms with E-state index < -0.39 is 0 Å². The van der Waals surface area contributed by atoms with Crippen LogP contribution >= 0.6 is 0 Å². The first-order valence-corrected chi connectivity index (χ1v) is 1.77. The molecule has 7 heavy (non-hydrogen) atoms. The fourth-order valence-electron chi connectivity index (χ4n) is 0.136. The predicted octanol–water partition coefficient (Wildman–Crippen LogP) is 0.0910. The van der Waals surface area contributed by atoms with Gasteiger partial charge in [0.05, 0.1) is 13.3 Å². The maximum absolute atomic E-state index is 4.73. The largest absolute Gasteiger partial charge is 0.496 e. The lowest BCUT2D eigenvalue weighted by atomic mass is 10.6. The summed E-state index contributed by atoms with van der Waals surface area (Å²) < 4.78 is 4.57. The van der Waals surface area contributed by atoms with Crippen LogP contribution in [0, 0.1) is 0 Å². The molecule has 0 aromatic heterocycles. The van der Waals surface area contributed by atoms with Crippen molar-refractivity contribution in [2.45, 2.75) is 0 Å². The van der Waals surface area contributed by atoms with Crippen LogP contribution in [-0.2, 0) is 4.74 Å². The van der Waals surface area contributed by atoms with Gasteiger partial charge >= 0.3 is 0 Å². The van der Waals surface area contributed by atoms with Crippen molar-refractivity contribution in [1.82, 2.24) is 0 Å². The number of nitrogens with zero attached hydrogens (tertiary/aromatic N) is 1. The van der Waals surface area contributed by atoms with Crippen LogP contribution in [0.3, 0.4) is 0 Å². The number of rotatable bonds is 2. The molecule has 0 aliphatic rings. The van der Waals surface area contributed by atoms with E-state index in [0.717, 1.165) is 0 Å². The van der Waals surface area contributed by atoms with E-state index in [2.05, 4.69) is 16.4 Å². The third-order valence-electron chi connectivity index (χ3n) is 0.481. The van der Waals surface area contributed by atoms with E-state index in [1.807, 2.05) is 0 Å². The second-order valence-corrected chi connectivity index (χ2v) is 0.949. The maximum atomic E-state index is 4.73. The van der Waals surface area contributed by atoms with Gasteiger partial charge in [0.2, 0.25) is 0 Å². The minimum Gasteiger partial charge on any atom is -0.496 e. The number of hydrazone groups is 1. The molecule has 0 bridgehead atoms. The highest BCUT2D eigenvalue weighted by atomic mass is 16.5. The summed E-state index contributed by atoms with van der Waals surface area (Å²) in [6, 6.07) is 0. The lowest BCUT2D eigenvalue weighted by molar-refractivity contribution is 0.319. The molecule has 0 aromatic rings. The third kappa shape index (κ3) is 2.82. The molecule has 0 spiro atoms. The standard InChI is InChI=1S/C4H8N2O/c1-4(7-2)3-6-5/h3H,1,5H2,2H3. The molecule has 3 nitrogen and oxygen atoms in total. The minimum atomic E-state index is 0.461. The molecule has 0 unspecified atom stereocenters. The highest BCUT2D eigenvalue weighted by molar-refractivity contribution is 5.74. The van der Waals surface area contributed by atoms with E-state index in [4.69, 9.17) is 5.84 Å². The van der Waals surface area contributed by atoms with Gasteiger partial charge in [-0.05, 0) is 0 Å². The topological polar surface area (TPSA) is 47.6 Å². The average Bonchev–Trinajstić information content (AvgIpc) is 1.68. The van der Waals surface area contributed by atoms with Crippen molar-refractivity contribution in [2.75, 3.05) is 7.11 Å². The zero-order valence-corrected chi connectivity index (χ0v) is 4.22. The summed E-state index contributed by atoms with van der Waals surface area (Å²) in [6.07, 6.45) is 1.33. The lowest BCUT2D eigenvalue weighted by Gasteiger charge is -1.90. The average molecular weight is 100 g/mol. The molecule has 0 rings (SSSR count). The van der Waals surface area contributed by atoms with E-state index in [9.17, 15) is 0 Å². The van der Waals surface area contributed by atoms with Crippen molar-refractivity contribution < 1.29 is 4.74 Å². The molecule has 3 heteroatoms. The zero-order chi connectivity index (χ0) is 5.70. The van der Waals surface area contributed by atoms with Crippen molar-refractivity contribution in [3.8, 4) is 0 Å². The molecular formula is C4H8N2O. The van der Waals surface area contributed by atoms with Crippen molar-refractivity contribution >= 4 is 6.21 Å². The SMILES string of the molecule is C=C(C=NN)OC. The summed E-state index contributed by atoms with van der Waals surface area (Å²) in [5, 5.41) is 3.16. The normalized spacial score (nSPS) is 9.29. The summed E-state index contributed by atoms with van der Waals surface area (Å²) in [5.74, 6) is 5.19. The molecule has 2 N–H and O–H groups in total. The van der Waals surface area contributed by atoms with Crippen molar-refractivity contribution in [2.24, 2.45) is 10.9 Å². The number of ether oxygens (including phenoxy) is 1. The van der Waals surface area contributed by atoms with Gasteiger partial charge in [0.25, 0.3) is 0 Å². The van der Waals surface area contributed by atoms with Gasteiger partial charge in [-0.3, -0.25) is 0 Å². The van der Waals surface area contributed by atoms with E-state index in [-0.39, 0.29) is 0 Å². The van der Waals surface area contributed by atoms with Crippen LogP contribution in [0.1, 0.15) is 0 Å². The Morgan fingerprint density at radius 3 is 2.71 bits per heavy atom. The van der Waals surface area contributed by atoms with Gasteiger partial charge in [-0.25, -0.2) is 0 Å². The molecule has 0 fully saturated rings. The van der Waals surface area contributed by atoms with Crippen LogP contribution in [0.2, 0.25) is 0 Å². The van der Waals surface area contributed by atoms with Crippen molar-refractivity contribution in [3.63, 3.8) is 0 Å². The Labute approximate surface area is 42.5 Å². The first-order valence-electron chi connectivity index (χ1n) is 1.77. The predicted molar refractivity (Wildman–Crippen MR) is 28.8 cm³/mol. The maximum Gasteiger partial charge on any atom is 0.131 e. The quantitative estimate of drug-likeness (QED) is 0.231. The third-order valence-corrected chi connectivity index (χ3v) is 0.481. The Bertz CT molecular complexity index is 87.7. The number of hydrogen-bond donors (Lipinski definition) is 1. The van der Waals surface area contributed by atoms with Crippen molar-refractivity contribution in [3.05, 3.63) is 12.3 Å². The van der Waals surface area contributed by atoms with Crippen LogP contribution in [-0.4, -0.2) is 13.3 Å². The van der Waals surface area contributed by atoms with Gasteiger partial charge in [0.15, 0.2) is 0 Å². The molecule has 0 aliphatic carbocycles. The number of allylic oxidation sites excluding steroid dienone is 1. The molecule has 40 valence electrons. The van der Waals surface area contributed by atoms with E-state index in [1.165, 1.54) is 13.3 Å². The minimum absolute atomic E-state index is 0.461. The molecule has 0 radical (unpaired) electrons. The van der Waals surface area contributed by atoms with Crippen molar-refractivity contribution in [1.29, 1.82) is 0 Å². The summed E-state index contributed by atoms with van der Waals surface area (Å²) in [6.45, 7) is 3.41. The van der Waals surface area contributed by atoms with Crippen LogP contribution in [0.4, 0.5) is 0 Å². The van der Waals surface area contributed by atoms with Gasteiger partial charge in [-0.1, -0.05) is 6.58 Å². The fraction of sp³-hybridized carbons (Fsp3) is 0.250. The molecule has 0 aromatic carbocycles. The fourth-order valence-corrected chi connectivity index (χ4v) is 0.136. The zero-order valence-electron chi connectivity index (χ0n) is 4.22. The Balaban J connectivity index is 3.37. The van der Waals surface area contributed by atoms with Gasteiger partial charge in [-0.15, -0.1) is 0 Å². The van der Waals surface area contributed by atoms with Gasteiger partial charge < -0.3 is 10.6 Å². The monoisotopic (exact) mass is 100 g/mol. The number of nitrogens with two attached hydrogens (primary N) is 1. The van der Waals surface area contributed by atoms with Gasteiger partial charge in [0.1, 0.15) is 5.76 Å². The van der Waals surface area contributed by atoms with Crippen LogP contribution in [0.15, 0.2) is 17.4 Å². The smallest absolute Gasteiger partial charge is 0.131 e. The second kappa shape index (κ2) is 3.21. The Morgan fingerprint density at radius 2 is 2.57 bits per heavy atom. The summed E-state index contributed by atoms with van der Waals surface area (Å²) >= 11 is 0. The van der Waals surface area contributed by atoms with Crippen LogP contribution in [0.25, 0.3) is 0 Å². The summed E-state index contributed by atoms with van der Waals surface area (Å²) in [5.41, 5.74) is 0. The first-order chi connectivity index (χ1) is 3.31. The summed E-state index contributed by atoms with van der Waals surface area (Å²) in [4.78, 5) is 0. The molecular weight excluding hydrogens is 92.1 g/mol. The Hall–Kier alpha value is -0.990. The molecule has 0 saturated heterocycles. The van der Waals surface area contributed by atoms with E-state index in [0.29, 0.717) is 5.76 Å². The highest BCUT2D eigenvalue weighted by Gasteiger charge is 1.76. The molecule has 0 saturated carbocycles. The molecule has 0 atom stereocenters. The van der Waals surface area contributed by atoms with Crippen LogP contribution in [0.5, 0.6) is 0 Å². The summed E-state index contributed by atoms with van der Waals surface area (Å²) in [7, 11) is 1.50. The first kappa shape index (κ1) is 6.01. The van der Waals surface area contributed by atoms with Gasteiger partial charge in [-0.2, -0.15) is 5.10 Å². The molecule has 0 heterocycles. The van der Waals surface area contributed by atoms with Gasteiger partial charge in [0, 0.05) is 0 Å². The lowest BCUT2D eigenvalue weighted by Crippen LogP contribution is -1.88.